The van der Waals surface area contributed by atoms with Crippen LogP contribution in [0.3, 0.4) is 0 Å². The molecule has 0 unspecified atom stereocenters. The second-order valence-corrected chi connectivity index (χ2v) is 7.65. The molecule has 1 aromatic carbocycles. The van der Waals surface area contributed by atoms with Gasteiger partial charge in [-0.2, -0.15) is 0 Å². The first kappa shape index (κ1) is 20.5. The fourth-order valence-corrected chi connectivity index (χ4v) is 3.49. The standard InChI is InChI=1S/C21H30N8O/c1-28(2)9-7-22-17-6-4-3-5-16(17)19-26-20(18-21(27-19)25-15-24-18)23-8-10-29-11-13-30-14-12-29/h3-6,15,22H,7-14H2,1-2H3,(H2,23,24,25,26,27). The van der Waals surface area contributed by atoms with Crippen molar-refractivity contribution in [1.29, 1.82) is 0 Å². The van der Waals surface area contributed by atoms with E-state index in [2.05, 4.69) is 50.6 Å². The molecular formula is C21H30N8O. The third kappa shape index (κ3) is 5.05. The number of morpholine rings is 1. The maximum Gasteiger partial charge on any atom is 0.183 e. The van der Waals surface area contributed by atoms with Gasteiger partial charge in [0.05, 0.1) is 19.5 Å². The number of likely N-dealkylation sites (N-methyl/N-ethyl adjacent to an activating group) is 1. The van der Waals surface area contributed by atoms with Gasteiger partial charge in [-0.05, 0) is 26.2 Å². The molecule has 9 heteroatoms. The van der Waals surface area contributed by atoms with Crippen molar-refractivity contribution in [1.82, 2.24) is 29.7 Å². The van der Waals surface area contributed by atoms with Gasteiger partial charge in [-0.25, -0.2) is 15.0 Å². The summed E-state index contributed by atoms with van der Waals surface area (Å²) in [4.78, 5) is 21.6. The van der Waals surface area contributed by atoms with Gasteiger partial charge in [-0.3, -0.25) is 4.90 Å². The average Bonchev–Trinajstić information content (AvgIpc) is 3.23. The molecule has 1 aliphatic heterocycles. The lowest BCUT2D eigenvalue weighted by Crippen LogP contribution is -2.39. The number of aromatic nitrogens is 4. The average molecular weight is 411 g/mol. The van der Waals surface area contributed by atoms with E-state index in [9.17, 15) is 0 Å². The minimum atomic E-state index is 0.663. The smallest absolute Gasteiger partial charge is 0.183 e. The van der Waals surface area contributed by atoms with Gasteiger partial charge in [0.2, 0.25) is 0 Å². The molecule has 0 bridgehead atoms. The highest BCUT2D eigenvalue weighted by Crippen LogP contribution is 2.28. The van der Waals surface area contributed by atoms with Crippen LogP contribution in [-0.2, 0) is 4.74 Å². The van der Waals surface area contributed by atoms with Crippen LogP contribution in [0.15, 0.2) is 30.6 Å². The molecule has 160 valence electrons. The Bertz CT molecular complexity index is 951. The number of rotatable bonds is 9. The lowest BCUT2D eigenvalue weighted by atomic mass is 10.1. The van der Waals surface area contributed by atoms with E-state index in [1.165, 1.54) is 0 Å². The molecule has 1 saturated heterocycles. The van der Waals surface area contributed by atoms with Gasteiger partial charge in [-0.1, -0.05) is 12.1 Å². The van der Waals surface area contributed by atoms with Crippen LogP contribution in [0.25, 0.3) is 22.6 Å². The van der Waals surface area contributed by atoms with Crippen molar-refractivity contribution in [3.63, 3.8) is 0 Å². The van der Waals surface area contributed by atoms with Crippen molar-refractivity contribution < 1.29 is 4.74 Å². The van der Waals surface area contributed by atoms with Crippen LogP contribution in [0.5, 0.6) is 0 Å². The maximum absolute atomic E-state index is 5.42. The van der Waals surface area contributed by atoms with E-state index < -0.39 is 0 Å². The topological polar surface area (TPSA) is 94.2 Å². The summed E-state index contributed by atoms with van der Waals surface area (Å²) in [6, 6.07) is 8.14. The number of hydrogen-bond acceptors (Lipinski definition) is 8. The van der Waals surface area contributed by atoms with E-state index in [4.69, 9.17) is 14.7 Å². The molecule has 0 radical (unpaired) electrons. The minimum absolute atomic E-state index is 0.663. The molecule has 3 heterocycles. The zero-order valence-corrected chi connectivity index (χ0v) is 17.7. The Balaban J connectivity index is 1.53. The number of nitrogens with zero attached hydrogens (tertiary/aromatic N) is 5. The van der Waals surface area contributed by atoms with Crippen LogP contribution in [0, 0.1) is 0 Å². The number of nitrogens with one attached hydrogen (secondary N) is 3. The Morgan fingerprint density at radius 2 is 1.93 bits per heavy atom. The maximum atomic E-state index is 5.42. The molecular weight excluding hydrogens is 380 g/mol. The third-order valence-corrected chi connectivity index (χ3v) is 5.15. The molecule has 0 spiro atoms. The van der Waals surface area contributed by atoms with Crippen LogP contribution in [0.2, 0.25) is 0 Å². The lowest BCUT2D eigenvalue weighted by Gasteiger charge is -2.26. The fourth-order valence-electron chi connectivity index (χ4n) is 3.49. The summed E-state index contributed by atoms with van der Waals surface area (Å²) in [6.07, 6.45) is 1.66. The van der Waals surface area contributed by atoms with Crippen LogP contribution < -0.4 is 10.6 Å². The highest BCUT2D eigenvalue weighted by Gasteiger charge is 2.15. The van der Waals surface area contributed by atoms with E-state index >= 15 is 0 Å². The highest BCUT2D eigenvalue weighted by atomic mass is 16.5. The van der Waals surface area contributed by atoms with Crippen molar-refractivity contribution in [3.8, 4) is 11.4 Å². The summed E-state index contributed by atoms with van der Waals surface area (Å²) in [7, 11) is 4.13. The number of hydrogen-bond donors (Lipinski definition) is 3. The molecule has 30 heavy (non-hydrogen) atoms. The number of benzene rings is 1. The van der Waals surface area contributed by atoms with Crippen LogP contribution in [0.1, 0.15) is 0 Å². The summed E-state index contributed by atoms with van der Waals surface area (Å²) in [5, 5.41) is 6.98. The number of H-pyrrole nitrogens is 1. The number of imidazole rings is 1. The first-order valence-corrected chi connectivity index (χ1v) is 10.4. The molecule has 3 aromatic rings. The zero-order chi connectivity index (χ0) is 20.8. The molecule has 0 amide bonds. The second kappa shape index (κ2) is 9.84. The van der Waals surface area contributed by atoms with Gasteiger partial charge in [0.1, 0.15) is 5.52 Å². The van der Waals surface area contributed by atoms with Crippen molar-refractivity contribution in [2.45, 2.75) is 0 Å². The van der Waals surface area contributed by atoms with Crippen molar-refractivity contribution >= 4 is 22.7 Å². The molecule has 1 fully saturated rings. The summed E-state index contributed by atoms with van der Waals surface area (Å²) in [5.74, 6) is 1.44. The summed E-state index contributed by atoms with van der Waals surface area (Å²) >= 11 is 0. The van der Waals surface area contributed by atoms with E-state index in [0.717, 1.165) is 75.1 Å². The monoisotopic (exact) mass is 410 g/mol. The third-order valence-electron chi connectivity index (χ3n) is 5.15. The van der Waals surface area contributed by atoms with Crippen LogP contribution >= 0.6 is 0 Å². The Morgan fingerprint density at radius 1 is 1.10 bits per heavy atom. The first-order chi connectivity index (χ1) is 14.7. The van der Waals surface area contributed by atoms with E-state index in [0.29, 0.717) is 11.5 Å². The molecule has 2 aromatic heterocycles. The van der Waals surface area contributed by atoms with Crippen LogP contribution in [0.4, 0.5) is 11.5 Å². The summed E-state index contributed by atoms with van der Waals surface area (Å²) < 4.78 is 5.42. The second-order valence-electron chi connectivity index (χ2n) is 7.65. The summed E-state index contributed by atoms with van der Waals surface area (Å²) in [6.45, 7) is 7.10. The molecule has 0 saturated carbocycles. The van der Waals surface area contributed by atoms with E-state index in [1.54, 1.807) is 6.33 Å². The predicted molar refractivity (Wildman–Crippen MR) is 120 cm³/mol. The Labute approximate surface area is 176 Å². The Morgan fingerprint density at radius 3 is 2.77 bits per heavy atom. The van der Waals surface area contributed by atoms with Crippen molar-refractivity contribution in [2.75, 3.05) is 77.2 Å². The minimum Gasteiger partial charge on any atom is -0.383 e. The largest absolute Gasteiger partial charge is 0.383 e. The number of ether oxygens (including phenoxy) is 1. The summed E-state index contributed by atoms with van der Waals surface area (Å²) in [5.41, 5.74) is 3.49. The lowest BCUT2D eigenvalue weighted by molar-refractivity contribution is 0.0398. The van der Waals surface area contributed by atoms with E-state index in [1.807, 2.05) is 18.2 Å². The zero-order valence-electron chi connectivity index (χ0n) is 17.7. The van der Waals surface area contributed by atoms with Crippen molar-refractivity contribution in [2.24, 2.45) is 0 Å². The number of aromatic amines is 1. The molecule has 9 nitrogen and oxygen atoms in total. The molecule has 1 aliphatic rings. The van der Waals surface area contributed by atoms with E-state index in [-0.39, 0.29) is 0 Å². The van der Waals surface area contributed by atoms with Crippen LogP contribution in [-0.4, -0.2) is 96.3 Å². The van der Waals surface area contributed by atoms with Crippen molar-refractivity contribution in [3.05, 3.63) is 30.6 Å². The first-order valence-electron chi connectivity index (χ1n) is 10.4. The van der Waals surface area contributed by atoms with Gasteiger partial charge in [0.25, 0.3) is 0 Å². The van der Waals surface area contributed by atoms with Gasteiger partial charge in [-0.15, -0.1) is 0 Å². The van der Waals surface area contributed by atoms with Gasteiger partial charge in [0, 0.05) is 50.5 Å². The quantitative estimate of drug-likeness (QED) is 0.491. The Kier molecular flexibility index (Phi) is 6.73. The number of para-hydroxylation sites is 1. The fraction of sp³-hybridized carbons (Fsp3) is 0.476. The Hall–Kier alpha value is -2.75. The number of anilines is 2. The molecule has 0 atom stereocenters. The van der Waals surface area contributed by atoms with Gasteiger partial charge >= 0.3 is 0 Å². The highest BCUT2D eigenvalue weighted by molar-refractivity contribution is 5.86. The SMILES string of the molecule is CN(C)CCNc1ccccc1-c1nc(NCCN2CCOCC2)c2[nH]cnc2n1. The predicted octanol–water partition coefficient (Wildman–Crippen LogP) is 1.74. The molecule has 3 N–H and O–H groups in total. The molecule has 0 aliphatic carbocycles. The molecule has 4 rings (SSSR count). The normalized spacial score (nSPS) is 15.0. The van der Waals surface area contributed by atoms with Gasteiger partial charge < -0.3 is 25.3 Å². The van der Waals surface area contributed by atoms with Gasteiger partial charge in [0.15, 0.2) is 17.3 Å². The number of fused-ring (bicyclic) bond motifs is 1.